The summed E-state index contributed by atoms with van der Waals surface area (Å²) in [5, 5.41) is 42.6. The fourth-order valence-electron chi connectivity index (χ4n) is 8.34. The Morgan fingerprint density at radius 1 is 1.11 bits per heavy atom. The zero-order chi connectivity index (χ0) is 25.4. The molecule has 5 fully saturated rings. The topological polar surface area (TPSA) is 133 Å². The number of aliphatic hydroxyl groups is 3. The van der Waals surface area contributed by atoms with Crippen LogP contribution in [0.4, 0.5) is 0 Å². The molecule has 1 amide bonds. The highest BCUT2D eigenvalue weighted by Crippen LogP contribution is 2.60. The maximum atomic E-state index is 11.7. The third-order valence-electron chi connectivity index (χ3n) is 9.35. The number of amides is 1. The molecule has 4 N–H and O–H groups in total. The van der Waals surface area contributed by atoms with Crippen LogP contribution in [0.5, 0.6) is 0 Å². The maximum absolute atomic E-state index is 11.7. The molecule has 1 aromatic rings. The Bertz CT molecular complexity index is 874. The van der Waals surface area contributed by atoms with Gasteiger partial charge in [0.05, 0.1) is 50.7 Å². The van der Waals surface area contributed by atoms with Gasteiger partial charge in [-0.2, -0.15) is 0 Å². The lowest BCUT2D eigenvalue weighted by Crippen LogP contribution is -2.71. The summed E-state index contributed by atoms with van der Waals surface area (Å²) in [6.07, 6.45) is 8.51. The standard InChI is InChI=1S/C26H43N5O5/c1-3-21-23(27-16(2)33)25(35)24(34)22(13-32)31(21)5-4-30-12-20(28-29-30)14-36-15-26-9-17-6-18(10-26)8-19(7-17)11-26/h12,17-19,21-25,32,34-35H,3-11,13-15H2,1-2H3,(H,27,33)/t17-,18-,19?,21-,22-,23+,24-,25-,26?/m1/s1. The highest BCUT2D eigenvalue weighted by atomic mass is 16.5. The summed E-state index contributed by atoms with van der Waals surface area (Å²) < 4.78 is 7.96. The van der Waals surface area contributed by atoms with Gasteiger partial charge in [0, 0.05) is 19.5 Å². The molecule has 4 aliphatic carbocycles. The summed E-state index contributed by atoms with van der Waals surface area (Å²) in [5.41, 5.74) is 1.18. The van der Waals surface area contributed by atoms with Crippen molar-refractivity contribution >= 4 is 5.91 Å². The van der Waals surface area contributed by atoms with E-state index >= 15 is 0 Å². The maximum Gasteiger partial charge on any atom is 0.217 e. The van der Waals surface area contributed by atoms with Crippen LogP contribution in [0, 0.1) is 23.2 Å². The number of hydrogen-bond acceptors (Lipinski definition) is 8. The van der Waals surface area contributed by atoms with Crippen molar-refractivity contribution in [3.05, 3.63) is 11.9 Å². The Kier molecular flexibility index (Phi) is 7.70. The minimum Gasteiger partial charge on any atom is -0.395 e. The normalized spacial score (nSPS) is 40.0. The molecule has 2 heterocycles. The molecule has 202 valence electrons. The second-order valence-corrected chi connectivity index (χ2v) is 12.1. The van der Waals surface area contributed by atoms with Crippen molar-refractivity contribution in [2.75, 3.05) is 19.8 Å². The Morgan fingerprint density at radius 3 is 2.36 bits per heavy atom. The van der Waals surface area contributed by atoms with Gasteiger partial charge in [0.25, 0.3) is 0 Å². The van der Waals surface area contributed by atoms with Crippen LogP contribution in [0.15, 0.2) is 6.20 Å². The highest BCUT2D eigenvalue weighted by Gasteiger charge is 2.51. The van der Waals surface area contributed by atoms with E-state index in [4.69, 9.17) is 4.74 Å². The lowest BCUT2D eigenvalue weighted by atomic mass is 9.50. The summed E-state index contributed by atoms with van der Waals surface area (Å²) in [4.78, 5) is 13.7. The summed E-state index contributed by atoms with van der Waals surface area (Å²) in [7, 11) is 0. The van der Waals surface area contributed by atoms with Crippen molar-refractivity contribution in [1.29, 1.82) is 0 Å². The molecule has 0 spiro atoms. The molecule has 0 unspecified atom stereocenters. The van der Waals surface area contributed by atoms with Gasteiger partial charge >= 0.3 is 0 Å². The Morgan fingerprint density at radius 2 is 1.78 bits per heavy atom. The van der Waals surface area contributed by atoms with Gasteiger partial charge < -0.3 is 25.4 Å². The van der Waals surface area contributed by atoms with Gasteiger partial charge in [0.1, 0.15) is 11.8 Å². The van der Waals surface area contributed by atoms with Gasteiger partial charge in [-0.3, -0.25) is 14.4 Å². The van der Waals surface area contributed by atoms with Crippen LogP contribution in [-0.2, 0) is 22.7 Å². The number of likely N-dealkylation sites (tertiary alicyclic amines) is 1. The van der Waals surface area contributed by atoms with E-state index in [0.717, 1.165) is 30.1 Å². The quantitative estimate of drug-likeness (QED) is 0.365. The van der Waals surface area contributed by atoms with E-state index < -0.39 is 24.3 Å². The van der Waals surface area contributed by atoms with Crippen molar-refractivity contribution in [2.45, 2.75) is 102 Å². The molecular formula is C26H43N5O5. The molecule has 1 saturated heterocycles. The lowest BCUT2D eigenvalue weighted by molar-refractivity contribution is -0.140. The van der Waals surface area contributed by atoms with E-state index in [-0.39, 0.29) is 18.6 Å². The molecule has 10 nitrogen and oxygen atoms in total. The number of nitrogens with one attached hydrogen (secondary N) is 1. The van der Waals surface area contributed by atoms with Gasteiger partial charge in [0.15, 0.2) is 0 Å². The van der Waals surface area contributed by atoms with Crippen molar-refractivity contribution in [2.24, 2.45) is 23.2 Å². The van der Waals surface area contributed by atoms with Crippen LogP contribution < -0.4 is 5.32 Å². The molecule has 6 rings (SSSR count). The van der Waals surface area contributed by atoms with Gasteiger partial charge in [-0.1, -0.05) is 12.1 Å². The first kappa shape index (κ1) is 26.0. The van der Waals surface area contributed by atoms with Gasteiger partial charge in [0.2, 0.25) is 5.91 Å². The second-order valence-electron chi connectivity index (χ2n) is 12.1. The zero-order valence-electron chi connectivity index (χ0n) is 21.6. The smallest absolute Gasteiger partial charge is 0.217 e. The summed E-state index contributed by atoms with van der Waals surface area (Å²) >= 11 is 0. The summed E-state index contributed by atoms with van der Waals surface area (Å²) in [5.74, 6) is 2.47. The van der Waals surface area contributed by atoms with E-state index in [9.17, 15) is 20.1 Å². The largest absolute Gasteiger partial charge is 0.395 e. The average molecular weight is 506 g/mol. The summed E-state index contributed by atoms with van der Waals surface area (Å²) in [6, 6.07) is -1.47. The second kappa shape index (κ2) is 10.6. The molecular weight excluding hydrogens is 462 g/mol. The first-order chi connectivity index (χ1) is 17.3. The number of carbonyl (C=O) groups is 1. The van der Waals surface area contributed by atoms with Crippen molar-refractivity contribution in [3.8, 4) is 0 Å². The van der Waals surface area contributed by atoms with Crippen LogP contribution >= 0.6 is 0 Å². The predicted molar refractivity (Wildman–Crippen MR) is 132 cm³/mol. The number of ether oxygens (including phenoxy) is 1. The lowest BCUT2D eigenvalue weighted by Gasteiger charge is -2.56. The third-order valence-corrected chi connectivity index (χ3v) is 9.35. The van der Waals surface area contributed by atoms with Gasteiger partial charge in [-0.25, -0.2) is 0 Å². The molecule has 1 aromatic heterocycles. The molecule has 5 atom stereocenters. The van der Waals surface area contributed by atoms with Crippen molar-refractivity contribution < 1.29 is 24.9 Å². The van der Waals surface area contributed by atoms with E-state index in [1.807, 2.05) is 18.0 Å². The zero-order valence-corrected chi connectivity index (χ0v) is 21.6. The summed E-state index contributed by atoms with van der Waals surface area (Å²) in [6.45, 7) is 5.35. The first-order valence-electron chi connectivity index (χ1n) is 13.8. The fraction of sp³-hybridized carbons (Fsp3) is 0.885. The van der Waals surface area contributed by atoms with Crippen LogP contribution in [-0.4, -0.2) is 91.2 Å². The SMILES string of the molecule is CC[C@@H]1[C@H](NC(C)=O)[C@@H](O)[C@H](O)[C@@H](CO)N1CCn1cc(COCC23CC4C[C@H](C2)C[C@H](C4)C3)nn1. The monoisotopic (exact) mass is 505 g/mol. The number of hydrogen-bond donors (Lipinski definition) is 4. The first-order valence-corrected chi connectivity index (χ1v) is 13.8. The van der Waals surface area contributed by atoms with Gasteiger partial charge in [-0.05, 0) is 68.1 Å². The van der Waals surface area contributed by atoms with Crippen molar-refractivity contribution in [3.63, 3.8) is 0 Å². The van der Waals surface area contributed by atoms with Crippen LogP contribution in [0.1, 0.15) is 64.5 Å². The average Bonchev–Trinajstić information content (AvgIpc) is 3.27. The van der Waals surface area contributed by atoms with Crippen LogP contribution in [0.3, 0.4) is 0 Å². The molecule has 4 saturated carbocycles. The number of aromatic nitrogens is 3. The number of aliphatic hydroxyl groups excluding tert-OH is 3. The Labute approximate surface area is 213 Å². The van der Waals surface area contributed by atoms with Gasteiger partial charge in [-0.15, -0.1) is 5.10 Å². The van der Waals surface area contributed by atoms with E-state index in [0.29, 0.717) is 31.5 Å². The molecule has 1 aliphatic heterocycles. The molecule has 4 bridgehead atoms. The van der Waals surface area contributed by atoms with Crippen LogP contribution in [0.25, 0.3) is 0 Å². The van der Waals surface area contributed by atoms with E-state index in [2.05, 4.69) is 15.6 Å². The molecule has 10 heteroatoms. The Balaban J connectivity index is 1.16. The van der Waals surface area contributed by atoms with Crippen LogP contribution in [0.2, 0.25) is 0 Å². The minimum atomic E-state index is -1.17. The van der Waals surface area contributed by atoms with E-state index in [1.54, 1.807) is 4.68 Å². The number of piperidine rings is 1. The number of nitrogens with zero attached hydrogens (tertiary/aromatic N) is 4. The molecule has 5 aliphatic rings. The minimum absolute atomic E-state index is 0.226. The fourth-order valence-corrected chi connectivity index (χ4v) is 8.34. The molecule has 0 aromatic carbocycles. The third kappa shape index (κ3) is 5.20. The molecule has 0 radical (unpaired) electrons. The number of carbonyl (C=O) groups excluding carboxylic acids is 1. The highest BCUT2D eigenvalue weighted by molar-refractivity contribution is 5.73. The molecule has 36 heavy (non-hydrogen) atoms. The van der Waals surface area contributed by atoms with Crippen molar-refractivity contribution in [1.82, 2.24) is 25.2 Å². The van der Waals surface area contributed by atoms with E-state index in [1.165, 1.54) is 45.4 Å². The number of rotatable bonds is 10. The predicted octanol–water partition coefficient (Wildman–Crippen LogP) is 0.693. The Hall–Kier alpha value is -1.59.